The Labute approximate surface area is 218 Å². The van der Waals surface area contributed by atoms with Gasteiger partial charge in [-0.05, 0) is 55.9 Å². The topological polar surface area (TPSA) is 109 Å². The van der Waals surface area contributed by atoms with Crippen LogP contribution in [0.1, 0.15) is 41.6 Å². The van der Waals surface area contributed by atoms with Gasteiger partial charge < -0.3 is 25.4 Å². The second-order valence-corrected chi connectivity index (χ2v) is 9.47. The molecule has 1 aliphatic rings. The first-order valence-corrected chi connectivity index (χ1v) is 12.2. The molecule has 8 nitrogen and oxygen atoms in total. The van der Waals surface area contributed by atoms with Crippen LogP contribution in [-0.4, -0.2) is 66.8 Å². The molecule has 0 radical (unpaired) electrons. The number of nitrogens with two attached hydrogens (primary N) is 1. The molecule has 1 unspecified atom stereocenters. The summed E-state index contributed by atoms with van der Waals surface area (Å²) >= 11 is 6.05. The van der Waals surface area contributed by atoms with E-state index in [0.717, 1.165) is 29.9 Å². The Morgan fingerprint density at radius 2 is 1.92 bits per heavy atom. The summed E-state index contributed by atoms with van der Waals surface area (Å²) in [6.45, 7) is 1.46. The number of hydrogen-bond donors (Lipinski definition) is 2. The van der Waals surface area contributed by atoms with E-state index in [0.29, 0.717) is 37.7 Å². The highest BCUT2D eigenvalue weighted by molar-refractivity contribution is 6.32. The summed E-state index contributed by atoms with van der Waals surface area (Å²) in [4.78, 5) is 31.4. The van der Waals surface area contributed by atoms with Gasteiger partial charge in [0, 0.05) is 32.2 Å². The number of ether oxygens (including phenoxy) is 1. The molecule has 0 saturated carbocycles. The number of likely N-dealkylation sites (N-methyl/N-ethyl adjacent to an activating group) is 1. The molecule has 0 aliphatic carbocycles. The number of rotatable bonds is 9. The normalized spacial score (nSPS) is 16.2. The predicted molar refractivity (Wildman–Crippen MR) is 133 cm³/mol. The lowest BCUT2D eigenvalue weighted by molar-refractivity contribution is -0.261. The van der Waals surface area contributed by atoms with Crippen LogP contribution in [0.3, 0.4) is 0 Å². The number of primary amides is 1. The molecule has 1 fully saturated rings. The van der Waals surface area contributed by atoms with Gasteiger partial charge in [-0.15, -0.1) is 0 Å². The molecular weight excluding hydrogens is 513 g/mol. The SMILES string of the molecule is COc1cccc(C(O)(C(=O)N(C)CCCC2CCN(c3ccc(C(N)=O)c(Cl)n3)CC2)C(F)(F)F)c1. The summed E-state index contributed by atoms with van der Waals surface area (Å²) in [5, 5.41) is 10.7. The van der Waals surface area contributed by atoms with Crippen molar-refractivity contribution in [2.75, 3.05) is 38.7 Å². The number of carbonyl (C=O) groups excluding carboxylic acids is 2. The maximum atomic E-state index is 13.9. The van der Waals surface area contributed by atoms with Crippen molar-refractivity contribution in [3.8, 4) is 5.75 Å². The number of pyridine rings is 1. The molecule has 1 aromatic carbocycles. The number of nitrogens with zero attached hydrogens (tertiary/aromatic N) is 3. The lowest BCUT2D eigenvalue weighted by Gasteiger charge is -2.34. The van der Waals surface area contributed by atoms with Gasteiger partial charge in [-0.25, -0.2) is 4.98 Å². The lowest BCUT2D eigenvalue weighted by Crippen LogP contribution is -2.55. The highest BCUT2D eigenvalue weighted by atomic mass is 35.5. The van der Waals surface area contributed by atoms with Gasteiger partial charge in [-0.1, -0.05) is 23.7 Å². The van der Waals surface area contributed by atoms with Crippen LogP contribution in [0.25, 0.3) is 0 Å². The highest BCUT2D eigenvalue weighted by Gasteiger charge is 2.61. The average Bonchev–Trinajstić information content (AvgIpc) is 2.87. The third-order valence-corrected chi connectivity index (χ3v) is 6.99. The highest BCUT2D eigenvalue weighted by Crippen LogP contribution is 2.41. The van der Waals surface area contributed by atoms with E-state index in [9.17, 15) is 27.9 Å². The smallest absolute Gasteiger partial charge is 0.430 e. The molecule has 2 aromatic rings. The standard InChI is InChI=1S/C25H30ClF3N4O4/c1-32(23(35)24(36,25(27,28)29)17-6-3-7-18(15-17)37-2)12-4-5-16-10-13-33(14-11-16)20-9-8-19(22(30)34)21(26)31-20/h3,6-9,15-16,36H,4-5,10-14H2,1-2H3,(H2,30,34). The molecule has 202 valence electrons. The Hall–Kier alpha value is -3.05. The van der Waals surface area contributed by atoms with Crippen LogP contribution >= 0.6 is 11.6 Å². The van der Waals surface area contributed by atoms with E-state index >= 15 is 0 Å². The zero-order chi connectivity index (χ0) is 27.4. The van der Waals surface area contributed by atoms with E-state index in [4.69, 9.17) is 22.1 Å². The molecule has 0 bridgehead atoms. The van der Waals surface area contributed by atoms with Gasteiger partial charge in [0.05, 0.1) is 12.7 Å². The van der Waals surface area contributed by atoms with E-state index in [1.807, 2.05) is 4.90 Å². The Morgan fingerprint density at radius 1 is 1.24 bits per heavy atom. The minimum Gasteiger partial charge on any atom is -0.497 e. The van der Waals surface area contributed by atoms with Crippen LogP contribution in [0.2, 0.25) is 5.15 Å². The van der Waals surface area contributed by atoms with Crippen molar-refractivity contribution in [3.05, 3.63) is 52.7 Å². The number of halogens is 4. The summed E-state index contributed by atoms with van der Waals surface area (Å²) in [6.07, 6.45) is -2.38. The van der Waals surface area contributed by atoms with E-state index in [1.54, 1.807) is 12.1 Å². The number of methoxy groups -OCH3 is 1. The molecule has 3 rings (SSSR count). The molecular formula is C25H30ClF3N4O4. The van der Waals surface area contributed by atoms with Gasteiger partial charge in [0.1, 0.15) is 16.7 Å². The van der Waals surface area contributed by atoms with Crippen LogP contribution in [-0.2, 0) is 10.4 Å². The first kappa shape index (κ1) is 28.5. The monoisotopic (exact) mass is 542 g/mol. The van der Waals surface area contributed by atoms with Crippen LogP contribution in [0, 0.1) is 5.92 Å². The number of carbonyl (C=O) groups is 2. The quantitative estimate of drug-likeness (QED) is 0.467. The Bertz CT molecular complexity index is 1130. The molecule has 2 amide bonds. The predicted octanol–water partition coefficient (Wildman–Crippen LogP) is 3.75. The van der Waals surface area contributed by atoms with Crippen molar-refractivity contribution in [2.45, 2.75) is 37.5 Å². The van der Waals surface area contributed by atoms with Crippen molar-refractivity contribution in [3.63, 3.8) is 0 Å². The maximum Gasteiger partial charge on any atom is 0.430 e. The van der Waals surface area contributed by atoms with Gasteiger partial charge >= 0.3 is 6.18 Å². The minimum absolute atomic E-state index is 0.0487. The summed E-state index contributed by atoms with van der Waals surface area (Å²) < 4.78 is 46.8. The molecule has 1 saturated heterocycles. The van der Waals surface area contributed by atoms with E-state index in [2.05, 4.69) is 4.98 Å². The van der Waals surface area contributed by atoms with Crippen LogP contribution in [0.15, 0.2) is 36.4 Å². The van der Waals surface area contributed by atoms with E-state index in [1.165, 1.54) is 26.3 Å². The summed E-state index contributed by atoms with van der Waals surface area (Å²) in [5.74, 6) is -1.03. The van der Waals surface area contributed by atoms with Crippen molar-refractivity contribution in [1.82, 2.24) is 9.88 Å². The van der Waals surface area contributed by atoms with Crippen molar-refractivity contribution in [1.29, 1.82) is 0 Å². The lowest BCUT2D eigenvalue weighted by atomic mass is 9.90. The van der Waals surface area contributed by atoms with Gasteiger partial charge in [-0.2, -0.15) is 13.2 Å². The zero-order valence-corrected chi connectivity index (χ0v) is 21.3. The number of alkyl halides is 3. The number of aromatic nitrogens is 1. The summed E-state index contributed by atoms with van der Waals surface area (Å²) in [6, 6.07) is 8.02. The summed E-state index contributed by atoms with van der Waals surface area (Å²) in [5.41, 5.74) is 1.14. The van der Waals surface area contributed by atoms with Gasteiger partial charge in [0.2, 0.25) is 0 Å². The fraction of sp³-hybridized carbons (Fsp3) is 0.480. The van der Waals surface area contributed by atoms with Gasteiger partial charge in [0.25, 0.3) is 17.4 Å². The van der Waals surface area contributed by atoms with Crippen molar-refractivity contribution in [2.24, 2.45) is 11.7 Å². The fourth-order valence-corrected chi connectivity index (χ4v) is 4.73. The van der Waals surface area contributed by atoms with Crippen LogP contribution in [0.4, 0.5) is 19.0 Å². The average molecular weight is 543 g/mol. The molecule has 1 aliphatic heterocycles. The zero-order valence-electron chi connectivity index (χ0n) is 20.6. The van der Waals surface area contributed by atoms with Gasteiger partial charge in [-0.3, -0.25) is 9.59 Å². The first-order chi connectivity index (χ1) is 17.4. The molecule has 2 heterocycles. The Balaban J connectivity index is 1.55. The molecule has 0 spiro atoms. The number of hydrogen-bond acceptors (Lipinski definition) is 6. The van der Waals surface area contributed by atoms with Gasteiger partial charge in [0.15, 0.2) is 0 Å². The second kappa shape index (κ2) is 11.6. The largest absolute Gasteiger partial charge is 0.497 e. The molecule has 3 N–H and O–H groups in total. The molecule has 1 aromatic heterocycles. The molecule has 12 heteroatoms. The number of aliphatic hydroxyl groups is 1. The number of benzene rings is 1. The molecule has 1 atom stereocenters. The molecule has 37 heavy (non-hydrogen) atoms. The van der Waals surface area contributed by atoms with Crippen molar-refractivity contribution >= 4 is 29.2 Å². The third kappa shape index (κ3) is 6.27. The number of anilines is 1. The van der Waals surface area contributed by atoms with Crippen LogP contribution in [0.5, 0.6) is 5.75 Å². The minimum atomic E-state index is -5.22. The number of amides is 2. The fourth-order valence-electron chi connectivity index (χ4n) is 4.49. The maximum absolute atomic E-state index is 13.9. The second-order valence-electron chi connectivity index (χ2n) is 9.11. The Kier molecular flexibility index (Phi) is 8.91. The Morgan fingerprint density at radius 3 is 2.49 bits per heavy atom. The van der Waals surface area contributed by atoms with E-state index < -0.39 is 29.2 Å². The first-order valence-electron chi connectivity index (χ1n) is 11.8. The van der Waals surface area contributed by atoms with Crippen molar-refractivity contribution < 1.29 is 32.6 Å². The summed E-state index contributed by atoms with van der Waals surface area (Å²) in [7, 11) is 2.54. The third-order valence-electron chi connectivity index (χ3n) is 6.70. The van der Waals surface area contributed by atoms with Crippen LogP contribution < -0.4 is 15.4 Å². The number of piperidine rings is 1. The van der Waals surface area contributed by atoms with E-state index in [-0.39, 0.29) is 23.0 Å².